The molecule has 4 amide bonds. The summed E-state index contributed by atoms with van der Waals surface area (Å²) in [5.74, 6) is -1.24. The van der Waals surface area contributed by atoms with Gasteiger partial charge in [0, 0.05) is 32.4 Å². The van der Waals surface area contributed by atoms with Gasteiger partial charge in [-0.25, -0.2) is 4.90 Å². The van der Waals surface area contributed by atoms with Crippen LogP contribution in [0.5, 0.6) is 0 Å². The fraction of sp³-hybridized carbons (Fsp3) is 0.800. The summed E-state index contributed by atoms with van der Waals surface area (Å²) in [6.45, 7) is 7.84. The molecule has 0 spiro atoms. The molecule has 180 valence electrons. The lowest BCUT2D eigenvalue weighted by atomic mass is 10.2. The number of hydrogen-bond acceptors (Lipinski definition) is 9. The number of nitrogens with one attached hydrogen (secondary N) is 2. The first-order chi connectivity index (χ1) is 14.8. The number of rotatable bonds is 14. The second-order valence-electron chi connectivity index (χ2n) is 6.68. The van der Waals surface area contributed by atoms with Gasteiger partial charge >= 0.3 is 0 Å². The molecular formula is C20H37N3O7S. The molecule has 1 aliphatic rings. The van der Waals surface area contributed by atoms with Crippen molar-refractivity contribution in [2.24, 2.45) is 0 Å². The summed E-state index contributed by atoms with van der Waals surface area (Å²) in [5, 5.41) is 13.8. The predicted octanol–water partition coefficient (Wildman–Crippen LogP) is 0.625. The zero-order valence-electron chi connectivity index (χ0n) is 19.0. The highest BCUT2D eigenvalue weighted by atomic mass is 32.2. The molecule has 0 radical (unpaired) electrons. The van der Waals surface area contributed by atoms with Crippen molar-refractivity contribution >= 4 is 35.4 Å². The van der Waals surface area contributed by atoms with Gasteiger partial charge in [-0.05, 0) is 26.5 Å². The Morgan fingerprint density at radius 3 is 2.55 bits per heavy atom. The first kappa shape index (κ1) is 29.5. The molecule has 0 aromatic heterocycles. The maximum Gasteiger partial charge on any atom is 0.249 e. The van der Waals surface area contributed by atoms with Gasteiger partial charge in [-0.2, -0.15) is 11.8 Å². The number of hydrogen-bond donors (Lipinski definition) is 3. The summed E-state index contributed by atoms with van der Waals surface area (Å²) in [7, 11) is 0. The van der Waals surface area contributed by atoms with Gasteiger partial charge in [0.2, 0.25) is 23.6 Å². The topological polar surface area (TPSA) is 134 Å². The van der Waals surface area contributed by atoms with E-state index in [1.165, 1.54) is 11.8 Å². The van der Waals surface area contributed by atoms with E-state index in [1.54, 1.807) is 13.2 Å². The second kappa shape index (κ2) is 18.1. The lowest BCUT2D eigenvalue weighted by Gasteiger charge is -2.14. The third-order valence-corrected chi connectivity index (χ3v) is 5.08. The van der Waals surface area contributed by atoms with Gasteiger partial charge < -0.3 is 19.9 Å². The highest BCUT2D eigenvalue weighted by Gasteiger charge is 2.41. The maximum absolute atomic E-state index is 11.6. The van der Waals surface area contributed by atoms with Gasteiger partial charge in [0.05, 0.1) is 25.2 Å². The van der Waals surface area contributed by atoms with Crippen LogP contribution in [0.1, 0.15) is 52.9 Å². The van der Waals surface area contributed by atoms with Gasteiger partial charge in [-0.3, -0.25) is 24.5 Å². The van der Waals surface area contributed by atoms with Crippen LogP contribution in [-0.2, 0) is 28.7 Å². The summed E-state index contributed by atoms with van der Waals surface area (Å²) in [4.78, 5) is 46.5. The van der Waals surface area contributed by atoms with E-state index in [2.05, 4.69) is 10.6 Å². The Labute approximate surface area is 188 Å². The van der Waals surface area contributed by atoms with Crippen LogP contribution >= 0.6 is 11.8 Å². The normalized spacial score (nSPS) is 16.7. The molecule has 2 unspecified atom stereocenters. The van der Waals surface area contributed by atoms with Crippen molar-refractivity contribution in [3.63, 3.8) is 0 Å². The Morgan fingerprint density at radius 1 is 1.29 bits per heavy atom. The average molecular weight is 464 g/mol. The van der Waals surface area contributed by atoms with Crippen LogP contribution in [-0.4, -0.2) is 84.5 Å². The quantitative estimate of drug-likeness (QED) is 0.192. The number of imide groups is 3. The molecule has 1 heterocycles. The number of likely N-dealkylation sites (tertiary alicyclic amines) is 1. The van der Waals surface area contributed by atoms with E-state index in [9.17, 15) is 19.2 Å². The van der Waals surface area contributed by atoms with E-state index < -0.39 is 0 Å². The molecule has 2 atom stereocenters. The van der Waals surface area contributed by atoms with Crippen LogP contribution in [0, 0.1) is 0 Å². The average Bonchev–Trinajstić information content (AvgIpc) is 3.02. The first-order valence-electron chi connectivity index (χ1n) is 10.5. The minimum atomic E-state index is -0.358. The number of unbranched alkanes of at least 4 members (excludes halogenated alkanes) is 1. The summed E-state index contributed by atoms with van der Waals surface area (Å²) in [6.07, 6.45) is 3.60. The Kier molecular flexibility index (Phi) is 17.2. The molecule has 31 heavy (non-hydrogen) atoms. The molecule has 11 heteroatoms. The summed E-state index contributed by atoms with van der Waals surface area (Å²) in [6, 6.07) is 0. The molecule has 1 rings (SSSR count). The van der Waals surface area contributed by atoms with Crippen molar-refractivity contribution in [2.45, 2.75) is 64.4 Å². The number of ether oxygens (including phenoxy) is 2. The molecule has 0 aliphatic carbocycles. The molecule has 3 N–H and O–H groups in total. The number of carbonyl (C=O) groups excluding carboxylic acids is 4. The largest absolute Gasteiger partial charge is 0.396 e. The fourth-order valence-corrected chi connectivity index (χ4v) is 3.10. The Balaban J connectivity index is 0.000000581. The van der Waals surface area contributed by atoms with E-state index >= 15 is 0 Å². The minimum absolute atomic E-state index is 0.107. The van der Waals surface area contributed by atoms with Crippen LogP contribution in [0.2, 0.25) is 0 Å². The zero-order valence-corrected chi connectivity index (χ0v) is 19.8. The lowest BCUT2D eigenvalue weighted by Crippen LogP contribution is -2.37. The molecule has 10 nitrogen and oxygen atoms in total. The standard InChI is InChI=1S/C10H22N2O4.C10H15NO3S/c1-3-15-8-11-5-7-16-9(2)12-10(14)4-6-13;1-3-4-5-8(12)11-9(13)6-7(15-2)10(11)14/h9,11,13H,3-8H2,1-2H3,(H,12,14);7H,3-6H2,1-2H3. The monoisotopic (exact) mass is 463 g/mol. The van der Waals surface area contributed by atoms with Crippen LogP contribution in [0.3, 0.4) is 0 Å². The van der Waals surface area contributed by atoms with Gasteiger partial charge in [0.25, 0.3) is 0 Å². The smallest absolute Gasteiger partial charge is 0.249 e. The van der Waals surface area contributed by atoms with Gasteiger partial charge in [-0.1, -0.05) is 13.3 Å². The van der Waals surface area contributed by atoms with Crippen molar-refractivity contribution in [2.75, 3.05) is 39.4 Å². The van der Waals surface area contributed by atoms with Crippen molar-refractivity contribution < 1.29 is 33.8 Å². The number of amides is 4. The van der Waals surface area contributed by atoms with Gasteiger partial charge in [0.15, 0.2) is 0 Å². The lowest BCUT2D eigenvalue weighted by molar-refractivity contribution is -0.149. The Morgan fingerprint density at radius 2 is 2.00 bits per heavy atom. The van der Waals surface area contributed by atoms with Crippen molar-refractivity contribution in [3.05, 3.63) is 0 Å². The maximum atomic E-state index is 11.6. The van der Waals surface area contributed by atoms with Crippen molar-refractivity contribution in [1.29, 1.82) is 0 Å². The Bertz CT molecular complexity index is 563. The van der Waals surface area contributed by atoms with Crippen LogP contribution in [0.15, 0.2) is 0 Å². The number of thioether (sulfide) groups is 1. The molecule has 0 bridgehead atoms. The van der Waals surface area contributed by atoms with E-state index in [0.29, 0.717) is 26.5 Å². The number of nitrogens with zero attached hydrogens (tertiary/aromatic N) is 1. The van der Waals surface area contributed by atoms with Crippen LogP contribution in [0.4, 0.5) is 0 Å². The molecule has 0 saturated carbocycles. The molecule has 1 saturated heterocycles. The van der Waals surface area contributed by atoms with E-state index in [1.807, 2.05) is 13.8 Å². The second-order valence-corrected chi connectivity index (χ2v) is 7.72. The number of aliphatic hydroxyl groups is 1. The predicted molar refractivity (Wildman–Crippen MR) is 118 cm³/mol. The van der Waals surface area contributed by atoms with Crippen LogP contribution < -0.4 is 10.6 Å². The highest BCUT2D eigenvalue weighted by Crippen LogP contribution is 2.23. The highest BCUT2D eigenvalue weighted by molar-refractivity contribution is 8.00. The summed E-state index contributed by atoms with van der Waals surface area (Å²) < 4.78 is 10.4. The van der Waals surface area contributed by atoms with Crippen molar-refractivity contribution in [1.82, 2.24) is 15.5 Å². The molecule has 1 fully saturated rings. The minimum Gasteiger partial charge on any atom is -0.396 e. The number of aliphatic hydroxyl groups excluding tert-OH is 1. The molecule has 0 aromatic rings. The molecule has 0 aromatic carbocycles. The van der Waals surface area contributed by atoms with Crippen LogP contribution in [0.25, 0.3) is 0 Å². The third kappa shape index (κ3) is 12.8. The third-order valence-electron chi connectivity index (χ3n) is 4.14. The molecule has 1 aliphatic heterocycles. The SMILES string of the molecule is CCCCC(=O)N1C(=O)CC(SC)C1=O.CCOCNCCOC(C)NC(=O)CCO. The van der Waals surface area contributed by atoms with E-state index in [0.717, 1.165) is 17.7 Å². The fourth-order valence-electron chi connectivity index (χ4n) is 2.49. The first-order valence-corrected chi connectivity index (χ1v) is 11.8. The summed E-state index contributed by atoms with van der Waals surface area (Å²) >= 11 is 1.32. The number of carbonyl (C=O) groups is 4. The zero-order chi connectivity index (χ0) is 23.6. The summed E-state index contributed by atoms with van der Waals surface area (Å²) in [5.41, 5.74) is 0. The molecular weight excluding hydrogens is 426 g/mol. The Hall–Kier alpha value is -1.53. The van der Waals surface area contributed by atoms with E-state index in [4.69, 9.17) is 14.6 Å². The van der Waals surface area contributed by atoms with E-state index in [-0.39, 0.29) is 61.0 Å². The van der Waals surface area contributed by atoms with Gasteiger partial charge in [0.1, 0.15) is 6.23 Å². The van der Waals surface area contributed by atoms with Gasteiger partial charge in [-0.15, -0.1) is 0 Å². The van der Waals surface area contributed by atoms with Crippen molar-refractivity contribution in [3.8, 4) is 0 Å².